The van der Waals surface area contributed by atoms with Gasteiger partial charge in [-0.05, 0) is 24.1 Å². The molecule has 1 aromatic heterocycles. The number of imidazole rings is 1. The standard InChI is InChI=1S/C18H19N3S/c1-2-6-14(7-3-1)12-19-13-15-10-11-21-17-9-5-4-8-16(17)20-18(21)22-15/h1-9,15,19H,10-13H2. The molecule has 0 aliphatic carbocycles. The van der Waals surface area contributed by atoms with Crippen molar-refractivity contribution in [3.63, 3.8) is 0 Å². The summed E-state index contributed by atoms with van der Waals surface area (Å²) in [4.78, 5) is 4.77. The van der Waals surface area contributed by atoms with Crippen LogP contribution in [0.5, 0.6) is 0 Å². The van der Waals surface area contributed by atoms with Crippen LogP contribution in [0.15, 0.2) is 59.8 Å². The topological polar surface area (TPSA) is 29.9 Å². The highest BCUT2D eigenvalue weighted by Crippen LogP contribution is 2.33. The van der Waals surface area contributed by atoms with Crippen molar-refractivity contribution in [3.8, 4) is 0 Å². The normalized spacial score (nSPS) is 17.5. The van der Waals surface area contributed by atoms with E-state index in [0.29, 0.717) is 5.25 Å². The maximum atomic E-state index is 4.77. The minimum Gasteiger partial charge on any atom is -0.319 e. The maximum Gasteiger partial charge on any atom is 0.169 e. The molecule has 1 N–H and O–H groups in total. The lowest BCUT2D eigenvalue weighted by atomic mass is 10.2. The average molecular weight is 309 g/mol. The fourth-order valence-corrected chi connectivity index (χ4v) is 4.15. The first-order chi connectivity index (χ1) is 10.9. The number of rotatable bonds is 4. The molecule has 0 saturated heterocycles. The summed E-state index contributed by atoms with van der Waals surface area (Å²) in [5, 5.41) is 5.35. The third-order valence-electron chi connectivity index (χ3n) is 4.11. The number of para-hydroxylation sites is 2. The van der Waals surface area contributed by atoms with Crippen molar-refractivity contribution < 1.29 is 0 Å². The summed E-state index contributed by atoms with van der Waals surface area (Å²) in [7, 11) is 0. The number of hydrogen-bond acceptors (Lipinski definition) is 3. The van der Waals surface area contributed by atoms with Gasteiger partial charge >= 0.3 is 0 Å². The van der Waals surface area contributed by atoms with Crippen LogP contribution in [0.2, 0.25) is 0 Å². The molecule has 1 unspecified atom stereocenters. The van der Waals surface area contributed by atoms with Crippen molar-refractivity contribution in [1.82, 2.24) is 14.9 Å². The fourth-order valence-electron chi connectivity index (χ4n) is 2.96. The second-order valence-electron chi connectivity index (χ2n) is 5.68. The lowest BCUT2D eigenvalue weighted by Crippen LogP contribution is -2.28. The molecule has 1 atom stereocenters. The van der Waals surface area contributed by atoms with Crippen LogP contribution in [-0.2, 0) is 13.1 Å². The molecule has 0 spiro atoms. The monoisotopic (exact) mass is 309 g/mol. The van der Waals surface area contributed by atoms with Gasteiger partial charge in [-0.3, -0.25) is 0 Å². The van der Waals surface area contributed by atoms with Crippen molar-refractivity contribution in [2.75, 3.05) is 6.54 Å². The van der Waals surface area contributed by atoms with Gasteiger partial charge in [0.2, 0.25) is 0 Å². The van der Waals surface area contributed by atoms with Crippen LogP contribution >= 0.6 is 11.8 Å². The molecule has 0 amide bonds. The first kappa shape index (κ1) is 13.9. The molecule has 4 rings (SSSR count). The predicted molar refractivity (Wildman–Crippen MR) is 92.1 cm³/mol. The van der Waals surface area contributed by atoms with Crippen molar-refractivity contribution in [3.05, 3.63) is 60.2 Å². The van der Waals surface area contributed by atoms with Crippen molar-refractivity contribution >= 4 is 22.8 Å². The lowest BCUT2D eigenvalue weighted by molar-refractivity contribution is 0.541. The van der Waals surface area contributed by atoms with E-state index in [-0.39, 0.29) is 0 Å². The van der Waals surface area contributed by atoms with Crippen LogP contribution in [-0.4, -0.2) is 21.3 Å². The van der Waals surface area contributed by atoms with E-state index in [4.69, 9.17) is 4.98 Å². The molecule has 3 aromatic rings. The number of thioether (sulfide) groups is 1. The minimum absolute atomic E-state index is 0.605. The summed E-state index contributed by atoms with van der Waals surface area (Å²) in [6.07, 6.45) is 1.19. The molecule has 22 heavy (non-hydrogen) atoms. The Morgan fingerprint density at radius 1 is 1.09 bits per heavy atom. The van der Waals surface area contributed by atoms with Gasteiger partial charge in [-0.25, -0.2) is 4.98 Å². The van der Waals surface area contributed by atoms with Crippen LogP contribution in [0.1, 0.15) is 12.0 Å². The largest absolute Gasteiger partial charge is 0.319 e. The molecule has 0 radical (unpaired) electrons. The van der Waals surface area contributed by atoms with E-state index in [1.807, 2.05) is 11.8 Å². The quantitative estimate of drug-likeness (QED) is 0.797. The maximum absolute atomic E-state index is 4.77. The van der Waals surface area contributed by atoms with Gasteiger partial charge < -0.3 is 9.88 Å². The van der Waals surface area contributed by atoms with Gasteiger partial charge in [0.15, 0.2) is 5.16 Å². The van der Waals surface area contributed by atoms with Crippen LogP contribution in [0.4, 0.5) is 0 Å². The third-order valence-corrected chi connectivity index (χ3v) is 5.37. The van der Waals surface area contributed by atoms with Crippen LogP contribution in [0.3, 0.4) is 0 Å². The molecule has 0 bridgehead atoms. The number of aryl methyl sites for hydroxylation is 1. The number of benzene rings is 2. The van der Waals surface area contributed by atoms with Gasteiger partial charge in [-0.1, -0.05) is 54.2 Å². The molecule has 0 saturated carbocycles. The van der Waals surface area contributed by atoms with E-state index < -0.39 is 0 Å². The summed E-state index contributed by atoms with van der Waals surface area (Å²) < 4.78 is 2.35. The van der Waals surface area contributed by atoms with Crippen LogP contribution in [0, 0.1) is 0 Å². The zero-order valence-corrected chi connectivity index (χ0v) is 13.2. The second kappa shape index (κ2) is 6.15. The molecule has 112 valence electrons. The molecular weight excluding hydrogens is 290 g/mol. The Bertz CT molecular complexity index is 766. The molecule has 1 aliphatic heterocycles. The smallest absolute Gasteiger partial charge is 0.169 e. The van der Waals surface area contributed by atoms with E-state index >= 15 is 0 Å². The zero-order valence-electron chi connectivity index (χ0n) is 12.4. The predicted octanol–water partition coefficient (Wildman–Crippen LogP) is 3.69. The highest BCUT2D eigenvalue weighted by Gasteiger charge is 2.22. The molecule has 4 heteroatoms. The molecular formula is C18H19N3S. The van der Waals surface area contributed by atoms with E-state index in [9.17, 15) is 0 Å². The Morgan fingerprint density at radius 3 is 2.82 bits per heavy atom. The summed E-state index contributed by atoms with van der Waals surface area (Å²) in [5.41, 5.74) is 3.72. The van der Waals surface area contributed by atoms with Crippen LogP contribution in [0.25, 0.3) is 11.0 Å². The number of fused-ring (bicyclic) bond motifs is 3. The molecule has 2 heterocycles. The van der Waals surface area contributed by atoms with Crippen molar-refractivity contribution in [2.24, 2.45) is 0 Å². The first-order valence-corrected chi connectivity index (χ1v) is 8.65. The van der Waals surface area contributed by atoms with Gasteiger partial charge in [0.25, 0.3) is 0 Å². The number of nitrogens with zero attached hydrogens (tertiary/aromatic N) is 2. The number of aromatic nitrogens is 2. The highest BCUT2D eigenvalue weighted by atomic mass is 32.2. The van der Waals surface area contributed by atoms with E-state index in [0.717, 1.165) is 25.2 Å². The summed E-state index contributed by atoms with van der Waals surface area (Å²) in [6.45, 7) is 3.04. The Morgan fingerprint density at radius 2 is 1.91 bits per heavy atom. The highest BCUT2D eigenvalue weighted by molar-refractivity contribution is 7.99. The Labute approximate surface area is 134 Å². The molecule has 1 aliphatic rings. The lowest BCUT2D eigenvalue weighted by Gasteiger charge is -2.23. The van der Waals surface area contributed by atoms with Gasteiger partial charge in [0, 0.05) is 24.9 Å². The van der Waals surface area contributed by atoms with Gasteiger partial charge in [0.05, 0.1) is 11.0 Å². The Hall–Kier alpha value is -1.78. The third kappa shape index (κ3) is 2.76. The summed E-state index contributed by atoms with van der Waals surface area (Å²) in [6, 6.07) is 19.0. The van der Waals surface area contributed by atoms with Gasteiger partial charge in [0.1, 0.15) is 0 Å². The fraction of sp³-hybridized carbons (Fsp3) is 0.278. The van der Waals surface area contributed by atoms with E-state index in [1.54, 1.807) is 0 Å². The minimum atomic E-state index is 0.605. The van der Waals surface area contributed by atoms with Crippen molar-refractivity contribution in [1.29, 1.82) is 0 Å². The average Bonchev–Trinajstić information content (AvgIpc) is 2.93. The van der Waals surface area contributed by atoms with E-state index in [1.165, 1.54) is 22.7 Å². The van der Waals surface area contributed by atoms with E-state index in [2.05, 4.69) is 64.5 Å². The summed E-state index contributed by atoms with van der Waals surface area (Å²) >= 11 is 1.91. The molecule has 2 aromatic carbocycles. The van der Waals surface area contributed by atoms with Crippen LogP contribution < -0.4 is 5.32 Å². The SMILES string of the molecule is c1ccc(CNCC2CCn3c(nc4ccccc43)S2)cc1. The number of nitrogens with one attached hydrogen (secondary N) is 1. The van der Waals surface area contributed by atoms with Crippen molar-refractivity contribution in [2.45, 2.75) is 29.9 Å². The molecule has 0 fully saturated rings. The Kier molecular flexibility index (Phi) is 3.87. The van der Waals surface area contributed by atoms with Gasteiger partial charge in [-0.15, -0.1) is 0 Å². The number of hydrogen-bond donors (Lipinski definition) is 1. The molecule has 3 nitrogen and oxygen atoms in total. The zero-order chi connectivity index (χ0) is 14.8. The Balaban J connectivity index is 1.40. The van der Waals surface area contributed by atoms with Gasteiger partial charge in [-0.2, -0.15) is 0 Å². The first-order valence-electron chi connectivity index (χ1n) is 7.77. The summed E-state index contributed by atoms with van der Waals surface area (Å²) in [5.74, 6) is 0. The second-order valence-corrected chi connectivity index (χ2v) is 6.95.